The molecule has 2 aromatic rings. The zero-order valence-corrected chi connectivity index (χ0v) is 15.6. The molecule has 8 nitrogen and oxygen atoms in total. The fourth-order valence-electron chi connectivity index (χ4n) is 2.99. The second kappa shape index (κ2) is 8.33. The highest BCUT2D eigenvalue weighted by molar-refractivity contribution is 7.89. The third-order valence-electron chi connectivity index (χ3n) is 4.41. The summed E-state index contributed by atoms with van der Waals surface area (Å²) in [6.07, 6.45) is 5.41. The molecule has 1 aromatic carbocycles. The molecule has 9 heteroatoms. The van der Waals surface area contributed by atoms with Gasteiger partial charge < -0.3 is 9.47 Å². The first-order chi connectivity index (χ1) is 13.0. The molecular weight excluding hydrogens is 368 g/mol. The summed E-state index contributed by atoms with van der Waals surface area (Å²) >= 11 is 0. The Bertz CT molecular complexity index is 917. The highest BCUT2D eigenvalue weighted by Crippen LogP contribution is 2.25. The van der Waals surface area contributed by atoms with Crippen molar-refractivity contribution in [2.75, 3.05) is 7.11 Å². The fraction of sp³-hybridized carbons (Fsp3) is 0.389. The van der Waals surface area contributed by atoms with Gasteiger partial charge in [-0.3, -0.25) is 0 Å². The Labute approximate surface area is 158 Å². The number of hydrogen-bond acceptors (Lipinski definition) is 7. The van der Waals surface area contributed by atoms with Gasteiger partial charge in [-0.1, -0.05) is 0 Å². The quantitative estimate of drug-likeness (QED) is 0.805. The second-order valence-electron chi connectivity index (χ2n) is 6.21. The van der Waals surface area contributed by atoms with E-state index in [1.54, 1.807) is 12.1 Å². The molecule has 0 radical (unpaired) electrons. The minimum Gasteiger partial charge on any atom is -0.497 e. The van der Waals surface area contributed by atoms with Crippen molar-refractivity contribution in [2.45, 2.75) is 42.7 Å². The van der Waals surface area contributed by atoms with Crippen molar-refractivity contribution >= 4 is 10.0 Å². The standard InChI is InChI=1S/C18H20N4O4S/c1-25-14-6-8-16(9-7-14)27(23,24)22-13-2-4-15(5-3-13)26-18-17(12-19)20-10-11-21-18/h6-11,13,15,22H,2-5H2,1H3. The molecule has 0 unspecified atom stereocenters. The zero-order valence-electron chi connectivity index (χ0n) is 14.8. The number of nitriles is 1. The van der Waals surface area contributed by atoms with Crippen LogP contribution in [0.25, 0.3) is 0 Å². The van der Waals surface area contributed by atoms with Gasteiger partial charge in [0, 0.05) is 18.4 Å². The van der Waals surface area contributed by atoms with Crippen LogP contribution < -0.4 is 14.2 Å². The molecule has 0 saturated heterocycles. The van der Waals surface area contributed by atoms with Gasteiger partial charge in [0.05, 0.1) is 12.0 Å². The first kappa shape index (κ1) is 19.1. The van der Waals surface area contributed by atoms with E-state index in [1.807, 2.05) is 6.07 Å². The Morgan fingerprint density at radius 1 is 1.11 bits per heavy atom. The van der Waals surface area contributed by atoms with Crippen LogP contribution in [0.2, 0.25) is 0 Å². The monoisotopic (exact) mass is 388 g/mol. The molecule has 1 aromatic heterocycles. The molecule has 1 heterocycles. The highest BCUT2D eigenvalue weighted by atomic mass is 32.2. The number of benzene rings is 1. The predicted octanol–water partition coefficient (Wildman–Crippen LogP) is 2.03. The topological polar surface area (TPSA) is 114 Å². The highest BCUT2D eigenvalue weighted by Gasteiger charge is 2.27. The molecule has 0 spiro atoms. The molecule has 27 heavy (non-hydrogen) atoms. The Kier molecular flexibility index (Phi) is 5.88. The van der Waals surface area contributed by atoms with E-state index in [1.165, 1.54) is 31.6 Å². The van der Waals surface area contributed by atoms with Crippen LogP contribution in [0.5, 0.6) is 11.6 Å². The summed E-state index contributed by atoms with van der Waals surface area (Å²) in [6.45, 7) is 0. The van der Waals surface area contributed by atoms with Gasteiger partial charge in [-0.15, -0.1) is 0 Å². The molecule has 0 amide bonds. The van der Waals surface area contributed by atoms with Gasteiger partial charge in [-0.05, 0) is 49.9 Å². The summed E-state index contributed by atoms with van der Waals surface area (Å²) in [4.78, 5) is 8.18. The lowest BCUT2D eigenvalue weighted by Gasteiger charge is -2.29. The maximum absolute atomic E-state index is 12.5. The zero-order chi connectivity index (χ0) is 19.3. The number of ether oxygens (including phenoxy) is 2. The van der Waals surface area contributed by atoms with E-state index in [0.717, 1.165) is 0 Å². The molecular formula is C18H20N4O4S. The van der Waals surface area contributed by atoms with Gasteiger partial charge in [-0.2, -0.15) is 5.26 Å². The van der Waals surface area contributed by atoms with Gasteiger partial charge in [0.25, 0.3) is 5.88 Å². The summed E-state index contributed by atoms with van der Waals surface area (Å²) in [5.74, 6) is 0.828. The first-order valence-electron chi connectivity index (χ1n) is 8.56. The van der Waals surface area contributed by atoms with E-state index < -0.39 is 10.0 Å². The number of nitrogens with zero attached hydrogens (tertiary/aromatic N) is 3. The SMILES string of the molecule is COc1ccc(S(=O)(=O)NC2CCC(Oc3nccnc3C#N)CC2)cc1. The lowest BCUT2D eigenvalue weighted by molar-refractivity contribution is 0.137. The van der Waals surface area contributed by atoms with Crippen LogP contribution >= 0.6 is 0 Å². The molecule has 1 aliphatic carbocycles. The lowest BCUT2D eigenvalue weighted by atomic mass is 9.94. The van der Waals surface area contributed by atoms with Gasteiger partial charge in [0.15, 0.2) is 0 Å². The van der Waals surface area contributed by atoms with Crippen molar-refractivity contribution in [2.24, 2.45) is 0 Å². The van der Waals surface area contributed by atoms with Crippen molar-refractivity contribution < 1.29 is 17.9 Å². The normalized spacial score (nSPS) is 19.9. The van der Waals surface area contributed by atoms with Crippen molar-refractivity contribution in [3.8, 4) is 17.7 Å². The van der Waals surface area contributed by atoms with Crippen LogP contribution in [-0.4, -0.2) is 37.6 Å². The number of nitrogens with one attached hydrogen (secondary N) is 1. The molecule has 1 saturated carbocycles. The summed E-state index contributed by atoms with van der Waals surface area (Å²) < 4.78 is 38.6. The average molecular weight is 388 g/mol. The molecule has 142 valence electrons. The Balaban J connectivity index is 1.56. The van der Waals surface area contributed by atoms with Crippen molar-refractivity contribution in [3.05, 3.63) is 42.4 Å². The second-order valence-corrected chi connectivity index (χ2v) is 7.92. The lowest BCUT2D eigenvalue weighted by Crippen LogP contribution is -2.39. The number of rotatable bonds is 6. The Hall–Kier alpha value is -2.70. The Morgan fingerprint density at radius 3 is 2.41 bits per heavy atom. The molecule has 0 aliphatic heterocycles. The van der Waals surface area contributed by atoms with E-state index in [4.69, 9.17) is 14.7 Å². The molecule has 1 fully saturated rings. The van der Waals surface area contributed by atoms with E-state index in [9.17, 15) is 8.42 Å². The number of methoxy groups -OCH3 is 1. The fourth-order valence-corrected chi connectivity index (χ4v) is 4.29. The van der Waals surface area contributed by atoms with Crippen molar-refractivity contribution in [1.29, 1.82) is 5.26 Å². The van der Waals surface area contributed by atoms with Crippen LogP contribution in [0.1, 0.15) is 31.4 Å². The molecule has 0 atom stereocenters. The molecule has 1 N–H and O–H groups in total. The molecule has 0 bridgehead atoms. The first-order valence-corrected chi connectivity index (χ1v) is 10.0. The van der Waals surface area contributed by atoms with Gasteiger partial charge in [-0.25, -0.2) is 23.1 Å². The van der Waals surface area contributed by atoms with Gasteiger partial charge in [0.2, 0.25) is 15.7 Å². The third-order valence-corrected chi connectivity index (χ3v) is 5.95. The van der Waals surface area contributed by atoms with Gasteiger partial charge in [0.1, 0.15) is 17.9 Å². The number of sulfonamides is 1. The van der Waals surface area contributed by atoms with E-state index >= 15 is 0 Å². The average Bonchev–Trinajstić information content (AvgIpc) is 2.70. The van der Waals surface area contributed by atoms with Crippen LogP contribution in [0.4, 0.5) is 0 Å². The van der Waals surface area contributed by atoms with Crippen molar-refractivity contribution in [1.82, 2.24) is 14.7 Å². The summed E-state index contributed by atoms with van der Waals surface area (Å²) in [6, 6.07) is 8.07. The molecule has 1 aliphatic rings. The van der Waals surface area contributed by atoms with Crippen LogP contribution in [0.15, 0.2) is 41.6 Å². The van der Waals surface area contributed by atoms with E-state index in [0.29, 0.717) is 31.4 Å². The largest absolute Gasteiger partial charge is 0.497 e. The minimum atomic E-state index is -3.58. The molecule has 3 rings (SSSR count). The summed E-state index contributed by atoms with van der Waals surface area (Å²) in [5.41, 5.74) is 0.153. The minimum absolute atomic E-state index is 0.115. The maximum atomic E-state index is 12.5. The van der Waals surface area contributed by atoms with Crippen LogP contribution in [-0.2, 0) is 10.0 Å². The summed E-state index contributed by atoms with van der Waals surface area (Å²) in [7, 11) is -2.05. The smallest absolute Gasteiger partial charge is 0.251 e. The van der Waals surface area contributed by atoms with Crippen LogP contribution in [0.3, 0.4) is 0 Å². The van der Waals surface area contributed by atoms with Gasteiger partial charge >= 0.3 is 0 Å². The predicted molar refractivity (Wildman–Crippen MR) is 96.7 cm³/mol. The third kappa shape index (κ3) is 4.72. The maximum Gasteiger partial charge on any atom is 0.251 e. The number of aromatic nitrogens is 2. The number of hydrogen-bond donors (Lipinski definition) is 1. The van der Waals surface area contributed by atoms with E-state index in [2.05, 4.69) is 14.7 Å². The van der Waals surface area contributed by atoms with E-state index in [-0.39, 0.29) is 28.6 Å². The Morgan fingerprint density at radius 2 is 1.78 bits per heavy atom. The van der Waals surface area contributed by atoms with Crippen LogP contribution in [0, 0.1) is 11.3 Å². The van der Waals surface area contributed by atoms with Crippen molar-refractivity contribution in [3.63, 3.8) is 0 Å². The summed E-state index contributed by atoms with van der Waals surface area (Å²) in [5, 5.41) is 9.04.